The van der Waals surface area contributed by atoms with Gasteiger partial charge in [0.25, 0.3) is 0 Å². The fourth-order valence-electron chi connectivity index (χ4n) is 1.84. The van der Waals surface area contributed by atoms with Gasteiger partial charge in [-0.2, -0.15) is 4.98 Å². The Labute approximate surface area is 122 Å². The van der Waals surface area contributed by atoms with Crippen molar-refractivity contribution in [1.29, 1.82) is 0 Å². The molecular weight excluding hydrogens is 296 g/mol. The minimum Gasteiger partial charge on any atom is -0.358 e. The highest BCUT2D eigenvalue weighted by Gasteiger charge is 2.15. The van der Waals surface area contributed by atoms with Crippen molar-refractivity contribution in [2.75, 3.05) is 42.9 Å². The molecule has 0 fully saturated rings. The van der Waals surface area contributed by atoms with E-state index in [-0.39, 0.29) is 5.75 Å². The monoisotopic (exact) mass is 314 g/mol. The van der Waals surface area contributed by atoms with Gasteiger partial charge in [-0.15, -0.1) is 11.3 Å². The number of anilines is 2. The highest BCUT2D eigenvalue weighted by molar-refractivity contribution is 7.90. The van der Waals surface area contributed by atoms with Crippen molar-refractivity contribution in [2.45, 2.75) is 6.92 Å². The molecule has 0 spiro atoms. The molecule has 110 valence electrons. The molecule has 0 aromatic carbocycles. The molecule has 2 aromatic heterocycles. The van der Waals surface area contributed by atoms with Crippen LogP contribution >= 0.6 is 11.3 Å². The molecule has 2 aromatic rings. The third kappa shape index (κ3) is 3.37. The SMILES string of the molecule is CNc1nc(N(C)CCS(C)(=O)=O)c2cc(C)sc2n1. The van der Waals surface area contributed by atoms with Crippen LogP contribution in [0.5, 0.6) is 0 Å². The average molecular weight is 314 g/mol. The fourth-order valence-corrected chi connectivity index (χ4v) is 3.32. The highest BCUT2D eigenvalue weighted by atomic mass is 32.2. The number of aromatic nitrogens is 2. The largest absolute Gasteiger partial charge is 0.358 e. The van der Waals surface area contributed by atoms with Crippen LogP contribution in [0, 0.1) is 6.92 Å². The number of thiophene rings is 1. The van der Waals surface area contributed by atoms with E-state index in [1.165, 1.54) is 6.26 Å². The minimum atomic E-state index is -2.99. The van der Waals surface area contributed by atoms with Crippen LogP contribution in [-0.4, -0.2) is 51.0 Å². The van der Waals surface area contributed by atoms with E-state index >= 15 is 0 Å². The number of hydrogen-bond donors (Lipinski definition) is 1. The van der Waals surface area contributed by atoms with Crippen molar-refractivity contribution >= 4 is 43.2 Å². The van der Waals surface area contributed by atoms with E-state index in [0.717, 1.165) is 20.9 Å². The predicted octanol–water partition coefficient (Wildman–Crippen LogP) is 1.52. The second-order valence-electron chi connectivity index (χ2n) is 4.75. The molecule has 2 rings (SSSR count). The maximum absolute atomic E-state index is 11.3. The zero-order valence-corrected chi connectivity index (χ0v) is 13.6. The molecule has 0 bridgehead atoms. The lowest BCUT2D eigenvalue weighted by Gasteiger charge is -2.19. The zero-order valence-electron chi connectivity index (χ0n) is 12.0. The number of rotatable bonds is 5. The molecular formula is C12H18N4O2S2. The van der Waals surface area contributed by atoms with Gasteiger partial charge in [0.2, 0.25) is 5.95 Å². The molecule has 0 saturated heterocycles. The Bertz CT molecular complexity index is 724. The first-order valence-electron chi connectivity index (χ1n) is 6.15. The van der Waals surface area contributed by atoms with E-state index < -0.39 is 9.84 Å². The van der Waals surface area contributed by atoms with Gasteiger partial charge in [0, 0.05) is 31.8 Å². The van der Waals surface area contributed by atoms with Crippen molar-refractivity contribution in [2.24, 2.45) is 0 Å². The summed E-state index contributed by atoms with van der Waals surface area (Å²) in [6.45, 7) is 2.43. The van der Waals surface area contributed by atoms with Gasteiger partial charge in [-0.3, -0.25) is 0 Å². The molecule has 0 saturated carbocycles. The lowest BCUT2D eigenvalue weighted by molar-refractivity contribution is 0.601. The molecule has 0 unspecified atom stereocenters. The van der Waals surface area contributed by atoms with Crippen molar-refractivity contribution in [3.05, 3.63) is 10.9 Å². The van der Waals surface area contributed by atoms with Crippen LogP contribution in [0.3, 0.4) is 0 Å². The van der Waals surface area contributed by atoms with Crippen LogP contribution in [0.2, 0.25) is 0 Å². The van der Waals surface area contributed by atoms with E-state index in [1.807, 2.05) is 24.9 Å². The molecule has 20 heavy (non-hydrogen) atoms. The summed E-state index contributed by atoms with van der Waals surface area (Å²) < 4.78 is 22.6. The third-order valence-electron chi connectivity index (χ3n) is 2.88. The van der Waals surface area contributed by atoms with Crippen molar-refractivity contribution in [1.82, 2.24) is 9.97 Å². The smallest absolute Gasteiger partial charge is 0.225 e. The first kappa shape index (κ1) is 15.0. The lowest BCUT2D eigenvalue weighted by Crippen LogP contribution is -2.26. The Hall–Kier alpha value is -1.41. The van der Waals surface area contributed by atoms with Crippen LogP contribution in [0.4, 0.5) is 11.8 Å². The van der Waals surface area contributed by atoms with Crippen LogP contribution < -0.4 is 10.2 Å². The molecule has 0 aliphatic rings. The predicted molar refractivity (Wildman–Crippen MR) is 84.7 cm³/mol. The number of nitrogens with one attached hydrogen (secondary N) is 1. The second kappa shape index (κ2) is 5.53. The lowest BCUT2D eigenvalue weighted by atomic mass is 10.3. The summed E-state index contributed by atoms with van der Waals surface area (Å²) in [6.07, 6.45) is 1.24. The second-order valence-corrected chi connectivity index (χ2v) is 8.24. The van der Waals surface area contributed by atoms with E-state index in [4.69, 9.17) is 0 Å². The molecule has 0 aliphatic carbocycles. The summed E-state index contributed by atoms with van der Waals surface area (Å²) in [5.74, 6) is 1.40. The summed E-state index contributed by atoms with van der Waals surface area (Å²) in [6, 6.07) is 2.03. The zero-order chi connectivity index (χ0) is 14.9. The van der Waals surface area contributed by atoms with Gasteiger partial charge in [-0.25, -0.2) is 13.4 Å². The molecule has 2 heterocycles. The Morgan fingerprint density at radius 3 is 2.70 bits per heavy atom. The van der Waals surface area contributed by atoms with Crippen molar-refractivity contribution in [3.8, 4) is 0 Å². The van der Waals surface area contributed by atoms with Gasteiger partial charge in [0.1, 0.15) is 20.5 Å². The van der Waals surface area contributed by atoms with Gasteiger partial charge in [0.15, 0.2) is 0 Å². The molecule has 0 amide bonds. The quantitative estimate of drug-likeness (QED) is 0.902. The number of fused-ring (bicyclic) bond motifs is 1. The first-order chi connectivity index (χ1) is 9.30. The van der Waals surface area contributed by atoms with E-state index in [9.17, 15) is 8.42 Å². The average Bonchev–Trinajstić information content (AvgIpc) is 2.73. The number of nitrogens with zero attached hydrogens (tertiary/aromatic N) is 3. The highest BCUT2D eigenvalue weighted by Crippen LogP contribution is 2.31. The topological polar surface area (TPSA) is 75.2 Å². The van der Waals surface area contributed by atoms with Crippen LogP contribution in [0.15, 0.2) is 6.07 Å². The summed E-state index contributed by atoms with van der Waals surface area (Å²) >= 11 is 1.60. The summed E-state index contributed by atoms with van der Waals surface area (Å²) in [4.78, 5) is 12.8. The molecule has 1 N–H and O–H groups in total. The molecule has 0 radical (unpaired) electrons. The van der Waals surface area contributed by atoms with Gasteiger partial charge in [0.05, 0.1) is 11.1 Å². The number of hydrogen-bond acceptors (Lipinski definition) is 7. The van der Waals surface area contributed by atoms with Crippen LogP contribution in [0.1, 0.15) is 4.88 Å². The normalized spacial score (nSPS) is 11.8. The third-order valence-corrected chi connectivity index (χ3v) is 4.75. The standard InChI is InChI=1S/C12H18N4O2S2/c1-8-7-9-10(16(3)5-6-20(4,17)18)14-12(13-2)15-11(9)19-8/h7H,5-6H2,1-4H3,(H,13,14,15). The first-order valence-corrected chi connectivity index (χ1v) is 9.02. The van der Waals surface area contributed by atoms with Crippen LogP contribution in [0.25, 0.3) is 10.2 Å². The van der Waals surface area contributed by atoms with E-state index in [0.29, 0.717) is 12.5 Å². The van der Waals surface area contributed by atoms with Gasteiger partial charge in [-0.1, -0.05) is 0 Å². The molecule has 6 nitrogen and oxygen atoms in total. The maximum Gasteiger partial charge on any atom is 0.225 e. The van der Waals surface area contributed by atoms with Crippen molar-refractivity contribution < 1.29 is 8.42 Å². The molecule has 0 aliphatic heterocycles. The van der Waals surface area contributed by atoms with E-state index in [1.54, 1.807) is 18.4 Å². The Morgan fingerprint density at radius 1 is 1.40 bits per heavy atom. The Kier molecular flexibility index (Phi) is 4.14. The van der Waals surface area contributed by atoms with Gasteiger partial charge < -0.3 is 10.2 Å². The maximum atomic E-state index is 11.3. The van der Waals surface area contributed by atoms with Crippen LogP contribution in [-0.2, 0) is 9.84 Å². The molecule has 8 heteroatoms. The van der Waals surface area contributed by atoms with Crippen molar-refractivity contribution in [3.63, 3.8) is 0 Å². The number of sulfone groups is 1. The Morgan fingerprint density at radius 2 is 2.10 bits per heavy atom. The summed E-state index contributed by atoms with van der Waals surface area (Å²) in [5.41, 5.74) is 0. The fraction of sp³-hybridized carbons (Fsp3) is 0.500. The molecule has 0 atom stereocenters. The van der Waals surface area contributed by atoms with Gasteiger partial charge in [-0.05, 0) is 13.0 Å². The number of aryl methyl sites for hydroxylation is 1. The van der Waals surface area contributed by atoms with Gasteiger partial charge >= 0.3 is 0 Å². The Balaban J connectivity index is 2.40. The summed E-state index contributed by atoms with van der Waals surface area (Å²) in [5, 5.41) is 3.90. The minimum absolute atomic E-state index is 0.104. The summed E-state index contributed by atoms with van der Waals surface area (Å²) in [7, 11) is 0.623. The van der Waals surface area contributed by atoms with E-state index in [2.05, 4.69) is 15.3 Å².